The van der Waals surface area contributed by atoms with Gasteiger partial charge in [-0.05, 0) is 32.5 Å². The zero-order valence-electron chi connectivity index (χ0n) is 14.2. The number of ether oxygens (including phenoxy) is 2. The summed E-state index contributed by atoms with van der Waals surface area (Å²) in [6.45, 7) is 5.92. The normalized spacial score (nSPS) is 13.1. The molecule has 0 spiro atoms. The molecule has 1 rings (SSSR count). The van der Waals surface area contributed by atoms with Gasteiger partial charge in [0, 0.05) is 24.3 Å². The molecule has 0 aliphatic heterocycles. The van der Waals surface area contributed by atoms with E-state index in [-0.39, 0.29) is 0 Å². The molecule has 0 heterocycles. The molecule has 0 aromatic heterocycles. The predicted molar refractivity (Wildman–Crippen MR) is 92.0 cm³/mol. The van der Waals surface area contributed by atoms with Gasteiger partial charge in [-0.3, -0.25) is 4.99 Å². The van der Waals surface area contributed by atoms with Gasteiger partial charge in [0.2, 0.25) is 0 Å². The summed E-state index contributed by atoms with van der Waals surface area (Å²) < 4.78 is 10.5. The molecule has 6 nitrogen and oxygen atoms in total. The van der Waals surface area contributed by atoms with Gasteiger partial charge in [-0.15, -0.1) is 0 Å². The largest absolute Gasteiger partial charge is 0.493 e. The van der Waals surface area contributed by atoms with Crippen LogP contribution in [0.3, 0.4) is 0 Å². The lowest BCUT2D eigenvalue weighted by Gasteiger charge is -2.22. The van der Waals surface area contributed by atoms with Gasteiger partial charge < -0.3 is 25.4 Å². The second kappa shape index (κ2) is 9.15. The number of methoxy groups -OCH3 is 2. The Morgan fingerprint density at radius 3 is 2.59 bits per heavy atom. The molecular weight excluding hydrogens is 280 g/mol. The standard InChI is InChI=1S/C16H28N4O2/c1-6-12(2)20(3)10-9-18-16(17)19-13-7-8-14(21-4)15(11-13)22-5/h7-8,11-12H,6,9-10H2,1-5H3,(H3,17,18,19). The van der Waals surface area contributed by atoms with Crippen molar-refractivity contribution in [2.24, 2.45) is 10.7 Å². The molecule has 6 heteroatoms. The number of nitrogens with one attached hydrogen (secondary N) is 1. The third-order valence-electron chi connectivity index (χ3n) is 3.73. The van der Waals surface area contributed by atoms with Crippen LogP contribution in [0.4, 0.5) is 5.69 Å². The van der Waals surface area contributed by atoms with Gasteiger partial charge in [-0.2, -0.15) is 0 Å². The minimum atomic E-state index is 0.393. The summed E-state index contributed by atoms with van der Waals surface area (Å²) in [7, 11) is 5.31. The third-order valence-corrected chi connectivity index (χ3v) is 3.73. The zero-order valence-corrected chi connectivity index (χ0v) is 14.2. The highest BCUT2D eigenvalue weighted by Gasteiger charge is 2.06. The Morgan fingerprint density at radius 1 is 1.32 bits per heavy atom. The van der Waals surface area contributed by atoms with Crippen LogP contribution in [0.2, 0.25) is 0 Å². The molecule has 0 bridgehead atoms. The van der Waals surface area contributed by atoms with Crippen molar-refractivity contribution in [1.29, 1.82) is 0 Å². The molecule has 3 N–H and O–H groups in total. The van der Waals surface area contributed by atoms with Crippen molar-refractivity contribution in [3.05, 3.63) is 18.2 Å². The van der Waals surface area contributed by atoms with E-state index in [1.54, 1.807) is 14.2 Å². The van der Waals surface area contributed by atoms with Crippen LogP contribution in [0.15, 0.2) is 23.2 Å². The van der Waals surface area contributed by atoms with Crippen LogP contribution in [-0.4, -0.2) is 51.3 Å². The maximum absolute atomic E-state index is 5.91. The zero-order chi connectivity index (χ0) is 16.5. The van der Waals surface area contributed by atoms with Crippen molar-refractivity contribution in [2.45, 2.75) is 26.3 Å². The average Bonchev–Trinajstić information content (AvgIpc) is 2.53. The van der Waals surface area contributed by atoms with Gasteiger partial charge in [0.1, 0.15) is 0 Å². The van der Waals surface area contributed by atoms with Crippen molar-refractivity contribution >= 4 is 11.6 Å². The van der Waals surface area contributed by atoms with Gasteiger partial charge in [0.05, 0.1) is 20.8 Å². The van der Waals surface area contributed by atoms with Crippen LogP contribution >= 0.6 is 0 Å². The Kier molecular flexibility index (Phi) is 7.52. The first-order chi connectivity index (χ1) is 10.5. The van der Waals surface area contributed by atoms with Crippen molar-refractivity contribution in [2.75, 3.05) is 39.7 Å². The van der Waals surface area contributed by atoms with Crippen LogP contribution in [0.5, 0.6) is 11.5 Å². The van der Waals surface area contributed by atoms with Crippen LogP contribution in [-0.2, 0) is 0 Å². The minimum absolute atomic E-state index is 0.393. The molecule has 0 amide bonds. The number of aliphatic imine (C=N–C) groups is 1. The Bertz CT molecular complexity index is 491. The van der Waals surface area contributed by atoms with Crippen molar-refractivity contribution in [3.8, 4) is 11.5 Å². The van der Waals surface area contributed by atoms with Crippen LogP contribution < -0.4 is 20.5 Å². The Balaban J connectivity index is 2.57. The second-order valence-electron chi connectivity index (χ2n) is 5.20. The molecule has 1 aromatic carbocycles. The minimum Gasteiger partial charge on any atom is -0.493 e. The van der Waals surface area contributed by atoms with E-state index in [9.17, 15) is 0 Å². The molecule has 0 aliphatic rings. The molecule has 1 aromatic rings. The first kappa shape index (κ1) is 18.1. The number of nitrogens with zero attached hydrogens (tertiary/aromatic N) is 2. The molecule has 22 heavy (non-hydrogen) atoms. The smallest absolute Gasteiger partial charge is 0.193 e. The molecule has 0 saturated carbocycles. The topological polar surface area (TPSA) is 72.1 Å². The highest BCUT2D eigenvalue weighted by molar-refractivity contribution is 5.92. The Labute approximate surface area is 133 Å². The molecular formula is C16H28N4O2. The lowest BCUT2D eigenvalue weighted by Crippen LogP contribution is -2.31. The second-order valence-corrected chi connectivity index (χ2v) is 5.20. The Morgan fingerprint density at radius 2 is 2.00 bits per heavy atom. The van der Waals surface area contributed by atoms with E-state index in [4.69, 9.17) is 15.2 Å². The summed E-state index contributed by atoms with van der Waals surface area (Å²) in [5, 5.41) is 3.06. The average molecular weight is 308 g/mol. The SMILES string of the molecule is CCC(C)N(C)CCN=C(N)Nc1ccc(OC)c(OC)c1. The highest BCUT2D eigenvalue weighted by atomic mass is 16.5. The molecule has 1 atom stereocenters. The van der Waals surface area contributed by atoms with Crippen molar-refractivity contribution in [1.82, 2.24) is 4.90 Å². The third kappa shape index (κ3) is 5.44. The molecule has 0 radical (unpaired) electrons. The van der Waals surface area contributed by atoms with E-state index in [2.05, 4.69) is 36.1 Å². The van der Waals surface area contributed by atoms with E-state index in [1.807, 2.05) is 18.2 Å². The number of anilines is 1. The van der Waals surface area contributed by atoms with E-state index in [1.165, 1.54) is 0 Å². The summed E-state index contributed by atoms with van der Waals surface area (Å²) in [4.78, 5) is 6.61. The van der Waals surface area contributed by atoms with Gasteiger partial charge in [-0.25, -0.2) is 0 Å². The molecule has 0 fully saturated rings. The predicted octanol–water partition coefficient (Wildman–Crippen LogP) is 2.16. The Hall–Kier alpha value is -1.95. The summed E-state index contributed by atoms with van der Waals surface area (Å²) in [6, 6.07) is 6.07. The number of guanidine groups is 1. The van der Waals surface area contributed by atoms with Gasteiger partial charge in [0.25, 0.3) is 0 Å². The lowest BCUT2D eigenvalue weighted by molar-refractivity contribution is 0.259. The summed E-state index contributed by atoms with van der Waals surface area (Å²) in [5.74, 6) is 1.72. The fourth-order valence-corrected chi connectivity index (χ4v) is 1.96. The fourth-order valence-electron chi connectivity index (χ4n) is 1.96. The molecule has 124 valence electrons. The summed E-state index contributed by atoms with van der Waals surface area (Å²) in [6.07, 6.45) is 1.12. The van der Waals surface area contributed by atoms with Gasteiger partial charge >= 0.3 is 0 Å². The van der Waals surface area contributed by atoms with Crippen molar-refractivity contribution < 1.29 is 9.47 Å². The quantitative estimate of drug-likeness (QED) is 0.569. The maximum atomic E-state index is 5.91. The number of hydrogen-bond donors (Lipinski definition) is 2. The monoisotopic (exact) mass is 308 g/mol. The van der Waals surface area contributed by atoms with E-state index in [0.717, 1.165) is 18.7 Å². The van der Waals surface area contributed by atoms with E-state index >= 15 is 0 Å². The number of hydrogen-bond acceptors (Lipinski definition) is 4. The van der Waals surface area contributed by atoms with Crippen LogP contribution in [0, 0.1) is 0 Å². The van der Waals surface area contributed by atoms with E-state index in [0.29, 0.717) is 30.0 Å². The van der Waals surface area contributed by atoms with Gasteiger partial charge in [-0.1, -0.05) is 6.92 Å². The summed E-state index contributed by atoms with van der Waals surface area (Å²) >= 11 is 0. The van der Waals surface area contributed by atoms with Gasteiger partial charge in [0.15, 0.2) is 17.5 Å². The molecule has 0 saturated heterocycles. The summed E-state index contributed by atoms with van der Waals surface area (Å²) in [5.41, 5.74) is 6.72. The number of benzene rings is 1. The first-order valence-corrected chi connectivity index (χ1v) is 7.51. The molecule has 0 aliphatic carbocycles. The maximum Gasteiger partial charge on any atom is 0.193 e. The first-order valence-electron chi connectivity index (χ1n) is 7.51. The fraction of sp³-hybridized carbons (Fsp3) is 0.562. The lowest BCUT2D eigenvalue weighted by atomic mass is 10.2. The number of rotatable bonds is 8. The van der Waals surface area contributed by atoms with Crippen LogP contribution in [0.1, 0.15) is 20.3 Å². The molecule has 1 unspecified atom stereocenters. The number of nitrogens with two attached hydrogens (primary N) is 1. The van der Waals surface area contributed by atoms with Crippen LogP contribution in [0.25, 0.3) is 0 Å². The van der Waals surface area contributed by atoms with E-state index < -0.39 is 0 Å². The number of likely N-dealkylation sites (N-methyl/N-ethyl adjacent to an activating group) is 1. The van der Waals surface area contributed by atoms with Crippen molar-refractivity contribution in [3.63, 3.8) is 0 Å². The highest BCUT2D eigenvalue weighted by Crippen LogP contribution is 2.29.